The molecule has 0 amide bonds. The van der Waals surface area contributed by atoms with Crippen LogP contribution in [0.3, 0.4) is 0 Å². The van der Waals surface area contributed by atoms with Gasteiger partial charge in [0.1, 0.15) is 6.29 Å². The molecule has 0 aliphatic heterocycles. The molecule has 0 saturated heterocycles. The lowest BCUT2D eigenvalue weighted by atomic mass is 10.8. The standard InChI is InChI=1S/C2H3Cl2NO/c3-5(4)1-2-6/h2H,1H2. The van der Waals surface area contributed by atoms with Crippen LogP contribution in [0.1, 0.15) is 0 Å². The van der Waals surface area contributed by atoms with Crippen molar-refractivity contribution in [2.45, 2.75) is 0 Å². The second kappa shape index (κ2) is 3.40. The van der Waals surface area contributed by atoms with Crippen molar-refractivity contribution in [1.82, 2.24) is 3.94 Å². The van der Waals surface area contributed by atoms with E-state index in [4.69, 9.17) is 23.6 Å². The number of carbonyl (C=O) groups excluding carboxylic acids is 1. The maximum atomic E-state index is 9.40. The molecule has 0 N–H and O–H groups in total. The minimum atomic E-state index is 0.0586. The Balaban J connectivity index is 2.81. The molecule has 0 aliphatic rings. The van der Waals surface area contributed by atoms with Gasteiger partial charge in [0.25, 0.3) is 0 Å². The van der Waals surface area contributed by atoms with Crippen molar-refractivity contribution < 1.29 is 4.79 Å². The monoisotopic (exact) mass is 127 g/mol. The van der Waals surface area contributed by atoms with Crippen molar-refractivity contribution in [3.05, 3.63) is 0 Å². The third kappa shape index (κ3) is 4.21. The molecule has 2 nitrogen and oxygen atoms in total. The first-order valence-electron chi connectivity index (χ1n) is 1.30. The van der Waals surface area contributed by atoms with Crippen molar-refractivity contribution in [3.63, 3.8) is 0 Å². The van der Waals surface area contributed by atoms with Gasteiger partial charge in [0.2, 0.25) is 0 Å². The van der Waals surface area contributed by atoms with Crippen molar-refractivity contribution in [3.8, 4) is 0 Å². The number of aldehydes is 1. The van der Waals surface area contributed by atoms with E-state index in [9.17, 15) is 4.79 Å². The van der Waals surface area contributed by atoms with Crippen LogP contribution in [0, 0.1) is 0 Å². The van der Waals surface area contributed by atoms with E-state index in [1.165, 1.54) is 0 Å². The summed E-state index contributed by atoms with van der Waals surface area (Å²) >= 11 is 9.89. The number of halogens is 2. The normalized spacial score (nSPS) is 9.17. The molecule has 36 valence electrons. The largest absolute Gasteiger partial charge is 0.302 e. The van der Waals surface area contributed by atoms with E-state index in [1.807, 2.05) is 0 Å². The van der Waals surface area contributed by atoms with E-state index >= 15 is 0 Å². The molecule has 0 aromatic heterocycles. The third-order valence-electron chi connectivity index (χ3n) is 0.213. The number of hydrogen-bond acceptors (Lipinski definition) is 2. The van der Waals surface area contributed by atoms with E-state index in [-0.39, 0.29) is 6.54 Å². The van der Waals surface area contributed by atoms with Crippen LogP contribution in [-0.4, -0.2) is 16.8 Å². The summed E-state index contributed by atoms with van der Waals surface area (Å²) in [6.45, 7) is 0.0586. The molecule has 0 aromatic rings. The zero-order chi connectivity index (χ0) is 4.99. The number of nitrogens with zero attached hydrogens (tertiary/aromatic N) is 1. The van der Waals surface area contributed by atoms with Crippen molar-refractivity contribution in [2.24, 2.45) is 0 Å². The van der Waals surface area contributed by atoms with E-state index < -0.39 is 0 Å². The van der Waals surface area contributed by atoms with E-state index in [0.717, 1.165) is 3.94 Å². The van der Waals surface area contributed by atoms with Gasteiger partial charge in [0.15, 0.2) is 0 Å². The van der Waals surface area contributed by atoms with Gasteiger partial charge in [0, 0.05) is 0 Å². The minimum absolute atomic E-state index is 0.0586. The summed E-state index contributed by atoms with van der Waals surface area (Å²) in [5.41, 5.74) is 0. The van der Waals surface area contributed by atoms with Crippen LogP contribution in [0.2, 0.25) is 0 Å². The number of hydrogen-bond donors (Lipinski definition) is 0. The highest BCUT2D eigenvalue weighted by Crippen LogP contribution is 1.92. The van der Waals surface area contributed by atoms with Gasteiger partial charge in [-0.15, -0.1) is 3.94 Å². The Morgan fingerprint density at radius 3 is 2.17 bits per heavy atom. The molecule has 0 unspecified atom stereocenters. The van der Waals surface area contributed by atoms with E-state index in [0.29, 0.717) is 6.29 Å². The Bertz CT molecular complexity index is 46.8. The fourth-order valence-electron chi connectivity index (χ4n) is 0.0563. The molecule has 0 saturated carbocycles. The van der Waals surface area contributed by atoms with Crippen molar-refractivity contribution in [1.29, 1.82) is 0 Å². The first-order valence-corrected chi connectivity index (χ1v) is 1.97. The fraction of sp³-hybridized carbons (Fsp3) is 0.500. The summed E-state index contributed by atoms with van der Waals surface area (Å²) in [4.78, 5) is 9.40. The van der Waals surface area contributed by atoms with Gasteiger partial charge in [-0.2, -0.15) is 0 Å². The van der Waals surface area contributed by atoms with Crippen molar-refractivity contribution >= 4 is 29.8 Å². The molecule has 4 heteroatoms. The van der Waals surface area contributed by atoms with Crippen LogP contribution in [0.15, 0.2) is 0 Å². The Morgan fingerprint density at radius 1 is 1.67 bits per heavy atom. The summed E-state index contributed by atoms with van der Waals surface area (Å²) in [5.74, 6) is 0. The van der Waals surface area contributed by atoms with Gasteiger partial charge in [0.05, 0.1) is 6.54 Å². The minimum Gasteiger partial charge on any atom is -0.302 e. The van der Waals surface area contributed by atoms with Gasteiger partial charge in [-0.25, -0.2) is 0 Å². The molecular formula is C2H3Cl2NO. The van der Waals surface area contributed by atoms with Gasteiger partial charge in [-0.3, -0.25) is 0 Å². The maximum Gasteiger partial charge on any atom is 0.136 e. The Hall–Kier alpha value is 0.210. The smallest absolute Gasteiger partial charge is 0.136 e. The zero-order valence-corrected chi connectivity index (χ0v) is 4.41. The van der Waals surface area contributed by atoms with Gasteiger partial charge in [-0.1, -0.05) is 0 Å². The van der Waals surface area contributed by atoms with Gasteiger partial charge < -0.3 is 4.79 Å². The summed E-state index contributed by atoms with van der Waals surface area (Å²) < 4.78 is 0.757. The van der Waals surface area contributed by atoms with Gasteiger partial charge in [-0.05, 0) is 23.6 Å². The predicted molar refractivity (Wildman–Crippen MR) is 24.5 cm³/mol. The molecule has 0 radical (unpaired) electrons. The average Bonchev–Trinajstić information content (AvgIpc) is 1.35. The number of carbonyl (C=O) groups is 1. The lowest BCUT2D eigenvalue weighted by Crippen LogP contribution is -1.99. The van der Waals surface area contributed by atoms with Crippen LogP contribution in [0.25, 0.3) is 0 Å². The first kappa shape index (κ1) is 6.21. The van der Waals surface area contributed by atoms with Crippen LogP contribution in [-0.2, 0) is 4.79 Å². The highest BCUT2D eigenvalue weighted by atomic mass is 35.5. The quantitative estimate of drug-likeness (QED) is 0.404. The van der Waals surface area contributed by atoms with Crippen LogP contribution in [0.4, 0.5) is 0 Å². The lowest BCUT2D eigenvalue weighted by Gasteiger charge is -1.90. The molecule has 6 heavy (non-hydrogen) atoms. The zero-order valence-electron chi connectivity index (χ0n) is 2.90. The van der Waals surface area contributed by atoms with Crippen LogP contribution >= 0.6 is 23.6 Å². The third-order valence-corrected chi connectivity index (χ3v) is 0.489. The Kier molecular flexibility index (Phi) is 3.52. The molecule has 0 fully saturated rings. The SMILES string of the molecule is O=CCN(Cl)Cl. The summed E-state index contributed by atoms with van der Waals surface area (Å²) in [5, 5.41) is 0. The summed E-state index contributed by atoms with van der Waals surface area (Å²) in [6.07, 6.45) is 0.611. The Morgan fingerprint density at radius 2 is 2.17 bits per heavy atom. The molecule has 0 aromatic carbocycles. The van der Waals surface area contributed by atoms with Crippen LogP contribution in [0.5, 0.6) is 0 Å². The highest BCUT2D eigenvalue weighted by molar-refractivity contribution is 6.34. The molecular weight excluding hydrogens is 125 g/mol. The molecule has 0 rings (SSSR count). The fourth-order valence-corrected chi connectivity index (χ4v) is 0.169. The second-order valence-corrected chi connectivity index (χ2v) is 1.64. The van der Waals surface area contributed by atoms with Crippen LogP contribution < -0.4 is 0 Å². The second-order valence-electron chi connectivity index (χ2n) is 0.652. The lowest BCUT2D eigenvalue weighted by molar-refractivity contribution is -0.107. The van der Waals surface area contributed by atoms with E-state index in [1.54, 1.807) is 0 Å². The molecule has 0 bridgehead atoms. The average molecular weight is 128 g/mol. The number of rotatable bonds is 2. The first-order chi connectivity index (χ1) is 2.77. The molecule has 0 heterocycles. The summed E-state index contributed by atoms with van der Waals surface area (Å²) in [7, 11) is 0. The molecule has 0 aliphatic carbocycles. The topological polar surface area (TPSA) is 20.3 Å². The Labute approximate surface area is 45.9 Å². The molecule has 0 atom stereocenters. The molecule has 0 spiro atoms. The van der Waals surface area contributed by atoms with Crippen molar-refractivity contribution in [2.75, 3.05) is 6.54 Å². The maximum absolute atomic E-state index is 9.40. The predicted octanol–water partition coefficient (Wildman–Crippen LogP) is 0.795. The van der Waals surface area contributed by atoms with Gasteiger partial charge >= 0.3 is 0 Å². The van der Waals surface area contributed by atoms with E-state index in [2.05, 4.69) is 0 Å². The highest BCUT2D eigenvalue weighted by Gasteiger charge is 1.86. The summed E-state index contributed by atoms with van der Waals surface area (Å²) in [6, 6.07) is 0.